The minimum Gasteiger partial charge on any atom is -0.312 e. The van der Waals surface area contributed by atoms with Gasteiger partial charge in [0.15, 0.2) is 0 Å². The van der Waals surface area contributed by atoms with Crippen LogP contribution >= 0.6 is 23.4 Å². The van der Waals surface area contributed by atoms with Crippen LogP contribution in [0.15, 0.2) is 0 Å². The van der Waals surface area contributed by atoms with Crippen LogP contribution in [-0.2, 0) is 0 Å². The van der Waals surface area contributed by atoms with E-state index in [0.717, 1.165) is 6.54 Å². The van der Waals surface area contributed by atoms with Gasteiger partial charge in [-0.3, -0.25) is 0 Å². The Balaban J connectivity index is 2.89. The van der Waals surface area contributed by atoms with Gasteiger partial charge in [-0.15, -0.1) is 11.6 Å². The second-order valence-corrected chi connectivity index (χ2v) is 3.91. The zero-order valence-corrected chi connectivity index (χ0v) is 8.26. The molecule has 1 nitrogen and oxygen atoms in total. The molecule has 0 amide bonds. The van der Waals surface area contributed by atoms with Gasteiger partial charge in [-0.05, 0) is 12.7 Å². The molecule has 62 valence electrons. The predicted octanol–water partition coefficient (Wildman–Crippen LogP) is 1.96. The number of hydrogen-bond acceptors (Lipinski definition) is 2. The van der Waals surface area contributed by atoms with Gasteiger partial charge in [-0.25, -0.2) is 0 Å². The van der Waals surface area contributed by atoms with Crippen LogP contribution in [0.1, 0.15) is 13.8 Å². The van der Waals surface area contributed by atoms with E-state index in [0.29, 0.717) is 11.9 Å². The highest BCUT2D eigenvalue weighted by Crippen LogP contribution is 1.95. The maximum atomic E-state index is 5.60. The minimum absolute atomic E-state index is 0.458. The van der Waals surface area contributed by atoms with Crippen molar-refractivity contribution in [3.63, 3.8) is 0 Å². The Hall–Kier alpha value is 0.600. The molecule has 0 bridgehead atoms. The number of hydrogen-bond donors (Lipinski definition) is 1. The third-order valence-corrected chi connectivity index (χ3v) is 2.54. The Morgan fingerprint density at radius 3 is 2.80 bits per heavy atom. The largest absolute Gasteiger partial charge is 0.312 e. The highest BCUT2D eigenvalue weighted by atomic mass is 35.5. The van der Waals surface area contributed by atoms with Gasteiger partial charge in [0.1, 0.15) is 0 Å². The number of thioether (sulfide) groups is 1. The summed E-state index contributed by atoms with van der Waals surface area (Å²) in [5.41, 5.74) is 0. The molecule has 0 aliphatic carbocycles. The van der Waals surface area contributed by atoms with Crippen molar-refractivity contribution >= 4 is 23.4 Å². The van der Waals surface area contributed by atoms with Crippen molar-refractivity contribution in [2.75, 3.05) is 23.9 Å². The Labute approximate surface area is 72.9 Å². The molecule has 0 saturated heterocycles. The topological polar surface area (TPSA) is 12.0 Å². The van der Waals surface area contributed by atoms with E-state index in [1.807, 2.05) is 11.8 Å². The van der Waals surface area contributed by atoms with Crippen molar-refractivity contribution in [2.45, 2.75) is 19.9 Å². The van der Waals surface area contributed by atoms with Crippen LogP contribution in [0.4, 0.5) is 0 Å². The molecule has 10 heavy (non-hydrogen) atoms. The molecule has 1 N–H and O–H groups in total. The SMILES string of the molecule is CCSCCNC(C)CCl. The number of nitrogens with one attached hydrogen (secondary N) is 1. The average molecular weight is 182 g/mol. The average Bonchev–Trinajstić information content (AvgIpc) is 1.98. The van der Waals surface area contributed by atoms with E-state index in [-0.39, 0.29) is 0 Å². The lowest BCUT2D eigenvalue weighted by atomic mass is 10.4. The molecule has 3 heteroatoms. The summed E-state index contributed by atoms with van der Waals surface area (Å²) >= 11 is 7.55. The van der Waals surface area contributed by atoms with Crippen LogP contribution in [0, 0.1) is 0 Å². The van der Waals surface area contributed by atoms with Gasteiger partial charge in [-0.1, -0.05) is 6.92 Å². The molecule has 0 radical (unpaired) electrons. The Morgan fingerprint density at radius 2 is 2.30 bits per heavy atom. The number of alkyl halides is 1. The van der Waals surface area contributed by atoms with E-state index >= 15 is 0 Å². The standard InChI is InChI=1S/C7H16ClNS/c1-3-10-5-4-9-7(2)6-8/h7,9H,3-6H2,1-2H3. The lowest BCUT2D eigenvalue weighted by Gasteiger charge is -2.08. The van der Waals surface area contributed by atoms with E-state index in [1.54, 1.807) is 0 Å². The molecule has 1 unspecified atom stereocenters. The molecule has 0 aliphatic rings. The number of rotatable bonds is 6. The third kappa shape index (κ3) is 6.72. The maximum Gasteiger partial charge on any atom is 0.0374 e. The first-order valence-corrected chi connectivity index (χ1v) is 5.37. The molecule has 0 saturated carbocycles. The summed E-state index contributed by atoms with van der Waals surface area (Å²) in [4.78, 5) is 0. The molecule has 0 fully saturated rings. The molecule has 0 rings (SSSR count). The molecule has 0 heterocycles. The van der Waals surface area contributed by atoms with Crippen molar-refractivity contribution < 1.29 is 0 Å². The molecule has 1 atom stereocenters. The van der Waals surface area contributed by atoms with Crippen LogP contribution in [0.2, 0.25) is 0 Å². The van der Waals surface area contributed by atoms with E-state index in [9.17, 15) is 0 Å². The van der Waals surface area contributed by atoms with Crippen molar-refractivity contribution in [2.24, 2.45) is 0 Å². The zero-order valence-electron chi connectivity index (χ0n) is 6.69. The summed E-state index contributed by atoms with van der Waals surface area (Å²) < 4.78 is 0. The summed E-state index contributed by atoms with van der Waals surface area (Å²) in [6.07, 6.45) is 0. The summed E-state index contributed by atoms with van der Waals surface area (Å²) in [5.74, 6) is 3.10. The van der Waals surface area contributed by atoms with Gasteiger partial charge in [-0.2, -0.15) is 11.8 Å². The van der Waals surface area contributed by atoms with Crippen molar-refractivity contribution in [1.82, 2.24) is 5.32 Å². The van der Waals surface area contributed by atoms with Crippen LogP contribution in [0.3, 0.4) is 0 Å². The highest BCUT2D eigenvalue weighted by Gasteiger charge is 1.95. The molecule has 0 aromatic heterocycles. The molecule has 0 aliphatic heterocycles. The Bertz CT molecular complexity index is 70.6. The van der Waals surface area contributed by atoms with Crippen LogP contribution < -0.4 is 5.32 Å². The summed E-state index contributed by atoms with van der Waals surface area (Å²) in [6, 6.07) is 0.458. The van der Waals surface area contributed by atoms with Gasteiger partial charge in [0.05, 0.1) is 0 Å². The fraction of sp³-hybridized carbons (Fsp3) is 1.00. The first-order valence-electron chi connectivity index (χ1n) is 3.68. The van der Waals surface area contributed by atoms with E-state index in [1.165, 1.54) is 11.5 Å². The third-order valence-electron chi connectivity index (χ3n) is 1.17. The summed E-state index contributed by atoms with van der Waals surface area (Å²) in [6.45, 7) is 5.35. The van der Waals surface area contributed by atoms with Crippen molar-refractivity contribution in [1.29, 1.82) is 0 Å². The molecule has 0 aromatic rings. The van der Waals surface area contributed by atoms with Gasteiger partial charge in [0.25, 0.3) is 0 Å². The fourth-order valence-electron chi connectivity index (χ4n) is 0.576. The predicted molar refractivity (Wildman–Crippen MR) is 51.2 cm³/mol. The number of halogens is 1. The van der Waals surface area contributed by atoms with Gasteiger partial charge in [0.2, 0.25) is 0 Å². The van der Waals surface area contributed by atoms with Crippen molar-refractivity contribution in [3.05, 3.63) is 0 Å². The zero-order chi connectivity index (χ0) is 7.82. The first kappa shape index (κ1) is 10.6. The monoisotopic (exact) mass is 181 g/mol. The lowest BCUT2D eigenvalue weighted by Crippen LogP contribution is -2.29. The van der Waals surface area contributed by atoms with Crippen LogP contribution in [-0.4, -0.2) is 30.0 Å². The second-order valence-electron chi connectivity index (χ2n) is 2.21. The molecule has 0 spiro atoms. The van der Waals surface area contributed by atoms with E-state index in [4.69, 9.17) is 11.6 Å². The lowest BCUT2D eigenvalue weighted by molar-refractivity contribution is 0.621. The van der Waals surface area contributed by atoms with E-state index < -0.39 is 0 Å². The summed E-state index contributed by atoms with van der Waals surface area (Å²) in [7, 11) is 0. The van der Waals surface area contributed by atoms with Crippen LogP contribution in [0.5, 0.6) is 0 Å². The fourth-order valence-corrected chi connectivity index (χ4v) is 1.24. The second kappa shape index (κ2) is 7.70. The first-order chi connectivity index (χ1) is 4.81. The maximum absolute atomic E-state index is 5.60. The summed E-state index contributed by atoms with van der Waals surface area (Å²) in [5, 5.41) is 3.31. The Kier molecular flexibility index (Phi) is 8.17. The Morgan fingerprint density at radius 1 is 1.60 bits per heavy atom. The van der Waals surface area contributed by atoms with Crippen molar-refractivity contribution in [3.8, 4) is 0 Å². The van der Waals surface area contributed by atoms with Crippen LogP contribution in [0.25, 0.3) is 0 Å². The highest BCUT2D eigenvalue weighted by molar-refractivity contribution is 7.99. The van der Waals surface area contributed by atoms with Gasteiger partial charge >= 0.3 is 0 Å². The van der Waals surface area contributed by atoms with Gasteiger partial charge < -0.3 is 5.32 Å². The quantitative estimate of drug-likeness (QED) is 0.497. The minimum atomic E-state index is 0.458. The molecular formula is C7H16ClNS. The smallest absolute Gasteiger partial charge is 0.0374 e. The van der Waals surface area contributed by atoms with Gasteiger partial charge in [0, 0.05) is 24.2 Å². The molecular weight excluding hydrogens is 166 g/mol. The van der Waals surface area contributed by atoms with E-state index in [2.05, 4.69) is 19.2 Å². The molecule has 0 aromatic carbocycles. The normalized spacial score (nSPS) is 13.5.